The highest BCUT2D eigenvalue weighted by atomic mass is 19.4. The molecule has 35 heavy (non-hydrogen) atoms. The molecule has 3 aromatic rings. The first-order valence-corrected chi connectivity index (χ1v) is 10.6. The average molecular weight is 483 g/mol. The predicted octanol–water partition coefficient (Wildman–Crippen LogP) is 4.75. The van der Waals surface area contributed by atoms with Gasteiger partial charge in [-0.2, -0.15) is 18.4 Å². The van der Waals surface area contributed by atoms with Crippen molar-refractivity contribution in [3.05, 3.63) is 94.8 Å². The van der Waals surface area contributed by atoms with E-state index in [0.717, 1.165) is 23.3 Å². The third-order valence-corrected chi connectivity index (χ3v) is 5.53. The molecular formula is C25H20F3N3O4. The number of amides is 1. The van der Waals surface area contributed by atoms with Crippen molar-refractivity contribution >= 4 is 11.8 Å². The monoisotopic (exact) mass is 483 g/mol. The summed E-state index contributed by atoms with van der Waals surface area (Å²) in [5, 5.41) is 18.1. The van der Waals surface area contributed by atoms with Crippen LogP contribution in [0.1, 0.15) is 34.0 Å². The summed E-state index contributed by atoms with van der Waals surface area (Å²) in [6.07, 6.45) is -4.93. The lowest BCUT2D eigenvalue weighted by atomic mass is 9.98. The first kappa shape index (κ1) is 24.2. The first-order valence-electron chi connectivity index (χ1n) is 10.6. The predicted molar refractivity (Wildman–Crippen MR) is 118 cm³/mol. The van der Waals surface area contributed by atoms with Crippen LogP contribution in [0.2, 0.25) is 0 Å². The van der Waals surface area contributed by atoms with Crippen molar-refractivity contribution < 1.29 is 32.5 Å². The van der Waals surface area contributed by atoms with E-state index >= 15 is 0 Å². The second kappa shape index (κ2) is 10.1. The number of hydrogen-bond donors (Lipinski definition) is 1. The molecule has 2 heterocycles. The number of hydrogen-bond acceptors (Lipinski definition) is 6. The van der Waals surface area contributed by atoms with Crippen molar-refractivity contribution in [2.24, 2.45) is 0 Å². The number of aliphatic hydroxyl groups excluding tert-OH is 1. The number of anilines is 1. The van der Waals surface area contributed by atoms with Gasteiger partial charge in [0, 0.05) is 0 Å². The quantitative estimate of drug-likeness (QED) is 0.521. The van der Waals surface area contributed by atoms with E-state index in [9.17, 15) is 18.0 Å². The molecule has 1 fully saturated rings. The van der Waals surface area contributed by atoms with Crippen LogP contribution in [0.15, 0.2) is 66.9 Å². The Morgan fingerprint density at radius 3 is 2.49 bits per heavy atom. The number of nitrogens with zero attached hydrogens (tertiary/aromatic N) is 3. The highest BCUT2D eigenvalue weighted by molar-refractivity contribution is 5.91. The molecule has 0 saturated carbocycles. The highest BCUT2D eigenvalue weighted by Crippen LogP contribution is 2.39. The molecule has 0 radical (unpaired) electrons. The summed E-state index contributed by atoms with van der Waals surface area (Å²) in [5.41, 5.74) is 1.33. The lowest BCUT2D eigenvalue weighted by molar-refractivity contribution is -0.137. The van der Waals surface area contributed by atoms with Crippen molar-refractivity contribution in [2.75, 3.05) is 11.5 Å². The largest absolute Gasteiger partial charge is 0.441 e. The molecular weight excluding hydrogens is 463 g/mol. The number of carbonyl (C=O) groups is 1. The Hall–Kier alpha value is -3.94. The van der Waals surface area contributed by atoms with Gasteiger partial charge in [-0.15, -0.1) is 0 Å². The third-order valence-electron chi connectivity index (χ3n) is 5.53. The summed E-state index contributed by atoms with van der Waals surface area (Å²) in [6.45, 7) is 0.0139. The second-order valence-electron chi connectivity index (χ2n) is 7.86. The van der Waals surface area contributed by atoms with Crippen LogP contribution >= 0.6 is 0 Å². The molecule has 1 amide bonds. The fourth-order valence-electron chi connectivity index (χ4n) is 3.81. The van der Waals surface area contributed by atoms with Crippen molar-refractivity contribution in [3.8, 4) is 6.07 Å². The third kappa shape index (κ3) is 5.42. The molecule has 10 heteroatoms. The highest BCUT2D eigenvalue weighted by Gasteiger charge is 2.44. The van der Waals surface area contributed by atoms with E-state index in [1.807, 2.05) is 6.07 Å². The van der Waals surface area contributed by atoms with E-state index in [4.69, 9.17) is 19.8 Å². The van der Waals surface area contributed by atoms with E-state index in [1.54, 1.807) is 24.3 Å². The molecule has 0 aliphatic carbocycles. The van der Waals surface area contributed by atoms with E-state index < -0.39 is 30.0 Å². The zero-order chi connectivity index (χ0) is 25.0. The Morgan fingerprint density at radius 2 is 1.86 bits per heavy atom. The van der Waals surface area contributed by atoms with Gasteiger partial charge in [-0.25, -0.2) is 9.78 Å². The molecule has 2 atom stereocenters. The Bertz CT molecular complexity index is 1220. The summed E-state index contributed by atoms with van der Waals surface area (Å²) >= 11 is 0. The number of ether oxygens (including phenoxy) is 2. The Labute approximate surface area is 199 Å². The van der Waals surface area contributed by atoms with Gasteiger partial charge in [0.15, 0.2) is 6.10 Å². The molecule has 2 aromatic carbocycles. The van der Waals surface area contributed by atoms with Gasteiger partial charge in [0.2, 0.25) is 0 Å². The molecule has 0 bridgehead atoms. The van der Waals surface area contributed by atoms with Crippen LogP contribution in [0.25, 0.3) is 0 Å². The SMILES string of the molecule is N#Cc1ccc(N2C(=O)O[C@@H](COCc3ccc(CO)cc3)[C@@H]2c2cccc(C(F)(F)F)c2)cn1. The van der Waals surface area contributed by atoms with Crippen LogP contribution < -0.4 is 4.90 Å². The average Bonchev–Trinajstić information content (AvgIpc) is 3.19. The zero-order valence-corrected chi connectivity index (χ0v) is 18.3. The topological polar surface area (TPSA) is 95.7 Å². The molecule has 1 N–H and O–H groups in total. The van der Waals surface area contributed by atoms with Crippen molar-refractivity contribution in [1.29, 1.82) is 5.26 Å². The van der Waals surface area contributed by atoms with Gasteiger partial charge < -0.3 is 14.6 Å². The maximum atomic E-state index is 13.4. The molecule has 7 nitrogen and oxygen atoms in total. The zero-order valence-electron chi connectivity index (χ0n) is 18.3. The fraction of sp³-hybridized carbons (Fsp3) is 0.240. The van der Waals surface area contributed by atoms with Gasteiger partial charge in [-0.05, 0) is 41.0 Å². The molecule has 0 unspecified atom stereocenters. The number of carbonyl (C=O) groups excluding carboxylic acids is 1. The van der Waals surface area contributed by atoms with E-state index in [-0.39, 0.29) is 36.8 Å². The first-order chi connectivity index (χ1) is 16.8. The van der Waals surface area contributed by atoms with Gasteiger partial charge in [0.05, 0.1) is 37.3 Å². The van der Waals surface area contributed by atoms with Crippen LogP contribution in [-0.2, 0) is 28.9 Å². The summed E-state index contributed by atoms with van der Waals surface area (Å²) < 4.78 is 51.4. The smallest absolute Gasteiger partial charge is 0.416 e. The summed E-state index contributed by atoms with van der Waals surface area (Å²) in [5.74, 6) is 0. The maximum absolute atomic E-state index is 13.4. The van der Waals surface area contributed by atoms with Gasteiger partial charge in [-0.1, -0.05) is 36.4 Å². The lowest BCUT2D eigenvalue weighted by Crippen LogP contribution is -2.31. The number of aromatic nitrogens is 1. The minimum Gasteiger partial charge on any atom is -0.441 e. The number of halogens is 3. The number of benzene rings is 2. The molecule has 1 saturated heterocycles. The Kier molecular flexibility index (Phi) is 7.00. The van der Waals surface area contributed by atoms with Crippen LogP contribution in [0.3, 0.4) is 0 Å². The van der Waals surface area contributed by atoms with Gasteiger partial charge >= 0.3 is 12.3 Å². The molecule has 1 aromatic heterocycles. The van der Waals surface area contributed by atoms with Crippen LogP contribution in [0, 0.1) is 11.3 Å². The van der Waals surface area contributed by atoms with E-state index in [0.29, 0.717) is 0 Å². The minimum absolute atomic E-state index is 0.0748. The van der Waals surface area contributed by atoms with Crippen LogP contribution in [-0.4, -0.2) is 28.9 Å². The van der Waals surface area contributed by atoms with E-state index in [2.05, 4.69) is 4.98 Å². The maximum Gasteiger partial charge on any atom is 0.416 e. The van der Waals surface area contributed by atoms with Crippen LogP contribution in [0.4, 0.5) is 23.7 Å². The molecule has 1 aliphatic heterocycles. The standard InChI is InChI=1S/C25H20F3N3O4/c26-25(27,28)19-3-1-2-18(10-19)23-22(15-34-14-17-6-4-16(13-32)5-7-17)35-24(33)31(23)21-9-8-20(11-29)30-12-21/h1-10,12,22-23,32H,13-15H2/t22-,23-/m0/s1. The second-order valence-corrected chi connectivity index (χ2v) is 7.86. The van der Waals surface area contributed by atoms with Crippen LogP contribution in [0.5, 0.6) is 0 Å². The van der Waals surface area contributed by atoms with Crippen molar-refractivity contribution in [3.63, 3.8) is 0 Å². The fourth-order valence-corrected chi connectivity index (χ4v) is 3.81. The van der Waals surface area contributed by atoms with Crippen molar-refractivity contribution in [2.45, 2.75) is 31.5 Å². The van der Waals surface area contributed by atoms with E-state index in [1.165, 1.54) is 35.4 Å². The summed E-state index contributed by atoms with van der Waals surface area (Å²) in [4.78, 5) is 18.0. The number of pyridine rings is 1. The number of cyclic esters (lactones) is 1. The lowest BCUT2D eigenvalue weighted by Gasteiger charge is -2.25. The Balaban J connectivity index is 1.61. The molecule has 0 spiro atoms. The molecule has 1 aliphatic rings. The number of alkyl halides is 3. The molecule has 4 rings (SSSR count). The molecule has 180 valence electrons. The van der Waals surface area contributed by atoms with Crippen molar-refractivity contribution in [1.82, 2.24) is 4.98 Å². The summed E-state index contributed by atoms with van der Waals surface area (Å²) in [7, 11) is 0. The minimum atomic E-state index is -4.56. The normalized spacial score (nSPS) is 17.8. The van der Waals surface area contributed by atoms with Gasteiger partial charge in [0.1, 0.15) is 17.8 Å². The van der Waals surface area contributed by atoms with Gasteiger partial charge in [0.25, 0.3) is 0 Å². The van der Waals surface area contributed by atoms with Gasteiger partial charge in [-0.3, -0.25) is 4.90 Å². The Morgan fingerprint density at radius 1 is 1.11 bits per heavy atom. The number of nitriles is 1. The number of aliphatic hydroxyl groups is 1. The number of rotatable bonds is 7. The summed E-state index contributed by atoms with van der Waals surface area (Å²) in [6, 6.07) is 15.6.